The van der Waals surface area contributed by atoms with Crippen LogP contribution in [0.25, 0.3) is 11.3 Å². The molecule has 23 heavy (non-hydrogen) atoms. The zero-order valence-corrected chi connectivity index (χ0v) is 14.7. The normalized spacial score (nSPS) is 10.9. The van der Waals surface area contributed by atoms with Crippen molar-refractivity contribution in [2.45, 2.75) is 13.8 Å². The first-order valence-corrected chi connectivity index (χ1v) is 9.27. The Bertz CT molecular complexity index is 763. The smallest absolute Gasteiger partial charge is 0.270 e. The molecule has 0 aliphatic carbocycles. The first kappa shape index (κ1) is 15.9. The van der Waals surface area contributed by atoms with Crippen LogP contribution in [-0.4, -0.2) is 17.4 Å². The van der Waals surface area contributed by atoms with E-state index < -0.39 is 0 Å². The lowest BCUT2D eigenvalue weighted by Gasteiger charge is -2.21. The number of rotatable bonds is 5. The molecular formula is C18H18N2OS2. The molecule has 5 heteroatoms. The van der Waals surface area contributed by atoms with Crippen molar-refractivity contribution >= 4 is 33.7 Å². The number of nitrogens with zero attached hydrogens (tertiary/aromatic N) is 2. The second-order valence-corrected chi connectivity index (χ2v) is 7.45. The van der Waals surface area contributed by atoms with Gasteiger partial charge in [-0.15, -0.1) is 22.7 Å². The van der Waals surface area contributed by atoms with Crippen molar-refractivity contribution in [1.29, 1.82) is 0 Å². The number of thiazole rings is 1. The Morgan fingerprint density at radius 3 is 2.57 bits per heavy atom. The van der Waals surface area contributed by atoms with Crippen LogP contribution < -0.4 is 4.90 Å². The molecule has 2 aromatic heterocycles. The molecule has 3 aromatic rings. The van der Waals surface area contributed by atoms with E-state index in [1.54, 1.807) is 4.90 Å². The SMILES string of the molecule is CC(C)CN(C(=O)c1cccs1)c1nc(-c2ccccc2)cs1. The van der Waals surface area contributed by atoms with Crippen LogP contribution in [0.3, 0.4) is 0 Å². The van der Waals surface area contributed by atoms with E-state index >= 15 is 0 Å². The van der Waals surface area contributed by atoms with Crippen LogP contribution in [0, 0.1) is 5.92 Å². The maximum atomic E-state index is 12.8. The molecule has 3 rings (SSSR count). The summed E-state index contributed by atoms with van der Waals surface area (Å²) in [4.78, 5) is 20.0. The Labute approximate surface area is 144 Å². The fraction of sp³-hybridized carbons (Fsp3) is 0.222. The van der Waals surface area contributed by atoms with Crippen LogP contribution >= 0.6 is 22.7 Å². The second kappa shape index (κ2) is 7.06. The van der Waals surface area contributed by atoms with Gasteiger partial charge in [0.2, 0.25) is 0 Å². The van der Waals surface area contributed by atoms with Crippen LogP contribution in [0.1, 0.15) is 23.5 Å². The predicted octanol–water partition coefficient (Wildman–Crippen LogP) is 5.17. The second-order valence-electron chi connectivity index (χ2n) is 5.67. The van der Waals surface area contributed by atoms with E-state index in [2.05, 4.69) is 13.8 Å². The quantitative estimate of drug-likeness (QED) is 0.640. The van der Waals surface area contributed by atoms with Crippen molar-refractivity contribution in [3.8, 4) is 11.3 Å². The monoisotopic (exact) mass is 342 g/mol. The fourth-order valence-electron chi connectivity index (χ4n) is 2.28. The van der Waals surface area contributed by atoms with E-state index in [0.29, 0.717) is 12.5 Å². The number of hydrogen-bond acceptors (Lipinski definition) is 4. The van der Waals surface area contributed by atoms with E-state index in [9.17, 15) is 4.79 Å². The lowest BCUT2D eigenvalue weighted by atomic mass is 10.2. The summed E-state index contributed by atoms with van der Waals surface area (Å²) in [7, 11) is 0. The molecular weight excluding hydrogens is 324 g/mol. The third-order valence-corrected chi connectivity index (χ3v) is 5.04. The van der Waals surface area contributed by atoms with Gasteiger partial charge in [-0.05, 0) is 17.4 Å². The molecule has 0 unspecified atom stereocenters. The minimum absolute atomic E-state index is 0.0302. The summed E-state index contributed by atoms with van der Waals surface area (Å²) < 4.78 is 0. The van der Waals surface area contributed by atoms with E-state index in [1.165, 1.54) is 22.7 Å². The zero-order chi connectivity index (χ0) is 16.2. The van der Waals surface area contributed by atoms with Crippen molar-refractivity contribution in [3.05, 3.63) is 58.1 Å². The highest BCUT2D eigenvalue weighted by Gasteiger charge is 2.22. The Morgan fingerprint density at radius 1 is 1.13 bits per heavy atom. The molecule has 0 radical (unpaired) electrons. The average molecular weight is 342 g/mol. The molecule has 0 saturated carbocycles. The topological polar surface area (TPSA) is 33.2 Å². The lowest BCUT2D eigenvalue weighted by Crippen LogP contribution is -2.33. The molecule has 0 aliphatic heterocycles. The fourth-order valence-corrected chi connectivity index (χ4v) is 3.79. The summed E-state index contributed by atoms with van der Waals surface area (Å²) in [5.74, 6) is 0.408. The maximum absolute atomic E-state index is 12.8. The standard InChI is InChI=1S/C18H18N2OS2/c1-13(2)11-20(17(21)16-9-6-10-22-16)18-19-15(12-23-18)14-7-4-3-5-8-14/h3-10,12-13H,11H2,1-2H3. The molecule has 118 valence electrons. The highest BCUT2D eigenvalue weighted by atomic mass is 32.1. The number of thiophene rings is 1. The third-order valence-electron chi connectivity index (χ3n) is 3.32. The molecule has 0 bridgehead atoms. The number of carbonyl (C=O) groups excluding carboxylic acids is 1. The number of aromatic nitrogens is 1. The van der Waals surface area contributed by atoms with Gasteiger partial charge in [0.15, 0.2) is 5.13 Å². The summed E-state index contributed by atoms with van der Waals surface area (Å²) in [6, 6.07) is 13.8. The van der Waals surface area contributed by atoms with Gasteiger partial charge in [-0.3, -0.25) is 9.69 Å². The highest BCUT2D eigenvalue weighted by Crippen LogP contribution is 2.29. The van der Waals surface area contributed by atoms with E-state index in [-0.39, 0.29) is 5.91 Å². The molecule has 1 aromatic carbocycles. The average Bonchev–Trinajstić information content (AvgIpc) is 3.24. The molecule has 0 aliphatic rings. The van der Waals surface area contributed by atoms with Crippen molar-refractivity contribution < 1.29 is 4.79 Å². The van der Waals surface area contributed by atoms with Crippen LogP contribution in [-0.2, 0) is 0 Å². The van der Waals surface area contributed by atoms with Gasteiger partial charge in [-0.2, -0.15) is 0 Å². The Morgan fingerprint density at radius 2 is 1.91 bits per heavy atom. The van der Waals surface area contributed by atoms with Gasteiger partial charge in [-0.25, -0.2) is 4.98 Å². The van der Waals surface area contributed by atoms with Gasteiger partial charge >= 0.3 is 0 Å². The minimum Gasteiger partial charge on any atom is -0.283 e. The van der Waals surface area contributed by atoms with Gasteiger partial charge in [0.05, 0.1) is 10.6 Å². The van der Waals surface area contributed by atoms with Gasteiger partial charge in [0, 0.05) is 17.5 Å². The van der Waals surface area contributed by atoms with Crippen LogP contribution in [0.2, 0.25) is 0 Å². The van der Waals surface area contributed by atoms with Crippen molar-refractivity contribution in [1.82, 2.24) is 4.98 Å². The lowest BCUT2D eigenvalue weighted by molar-refractivity contribution is 0.0987. The van der Waals surface area contributed by atoms with Gasteiger partial charge in [0.1, 0.15) is 0 Å². The Balaban J connectivity index is 1.91. The largest absolute Gasteiger partial charge is 0.283 e. The number of carbonyl (C=O) groups is 1. The van der Waals surface area contributed by atoms with Crippen molar-refractivity contribution in [3.63, 3.8) is 0 Å². The Kier molecular flexibility index (Phi) is 4.88. The number of hydrogen-bond donors (Lipinski definition) is 0. The molecule has 0 saturated heterocycles. The van der Waals surface area contributed by atoms with Crippen LogP contribution in [0.5, 0.6) is 0 Å². The van der Waals surface area contributed by atoms with Gasteiger partial charge < -0.3 is 0 Å². The zero-order valence-electron chi connectivity index (χ0n) is 13.1. The highest BCUT2D eigenvalue weighted by molar-refractivity contribution is 7.14. The summed E-state index contributed by atoms with van der Waals surface area (Å²) in [6.07, 6.45) is 0. The summed E-state index contributed by atoms with van der Waals surface area (Å²) in [6.45, 7) is 4.89. The number of anilines is 1. The van der Waals surface area contributed by atoms with Crippen molar-refractivity contribution in [2.24, 2.45) is 5.92 Å². The first-order chi connectivity index (χ1) is 11.1. The summed E-state index contributed by atoms with van der Waals surface area (Å²) >= 11 is 2.99. The molecule has 0 spiro atoms. The van der Waals surface area contributed by atoms with E-state index in [4.69, 9.17) is 4.98 Å². The third kappa shape index (κ3) is 3.68. The molecule has 2 heterocycles. The number of benzene rings is 1. The molecule has 0 atom stereocenters. The Hall–Kier alpha value is -1.98. The molecule has 0 N–H and O–H groups in total. The maximum Gasteiger partial charge on any atom is 0.270 e. The van der Waals surface area contributed by atoms with Crippen molar-refractivity contribution in [2.75, 3.05) is 11.4 Å². The minimum atomic E-state index is 0.0302. The molecule has 0 fully saturated rings. The van der Waals surface area contributed by atoms with Gasteiger partial charge in [-0.1, -0.05) is 50.2 Å². The van der Waals surface area contributed by atoms with Crippen LogP contribution in [0.4, 0.5) is 5.13 Å². The van der Waals surface area contributed by atoms with Crippen LogP contribution in [0.15, 0.2) is 53.2 Å². The summed E-state index contributed by atoms with van der Waals surface area (Å²) in [5.41, 5.74) is 1.99. The van der Waals surface area contributed by atoms with Gasteiger partial charge in [0.25, 0.3) is 5.91 Å². The molecule has 3 nitrogen and oxygen atoms in total. The van der Waals surface area contributed by atoms with E-state index in [1.807, 2.05) is 53.2 Å². The predicted molar refractivity (Wildman–Crippen MR) is 98.4 cm³/mol. The number of amides is 1. The first-order valence-electron chi connectivity index (χ1n) is 7.51. The molecule has 1 amide bonds. The van der Waals surface area contributed by atoms with E-state index in [0.717, 1.165) is 21.3 Å². The summed E-state index contributed by atoms with van der Waals surface area (Å²) in [5, 5.41) is 4.70.